The van der Waals surface area contributed by atoms with Gasteiger partial charge in [-0.25, -0.2) is 4.68 Å². The lowest BCUT2D eigenvalue weighted by Gasteiger charge is -2.33. The highest BCUT2D eigenvalue weighted by Gasteiger charge is 2.27. The van der Waals surface area contributed by atoms with Crippen LogP contribution in [0.15, 0.2) is 65.2 Å². The Hall–Kier alpha value is -2.96. The molecule has 4 aromatic rings. The number of furan rings is 1. The van der Waals surface area contributed by atoms with Crippen LogP contribution in [0, 0.1) is 0 Å². The summed E-state index contributed by atoms with van der Waals surface area (Å²) in [6.07, 6.45) is 4.02. The lowest BCUT2D eigenvalue weighted by Crippen LogP contribution is -2.39. The van der Waals surface area contributed by atoms with Crippen molar-refractivity contribution in [2.75, 3.05) is 6.54 Å². The molecule has 6 heteroatoms. The van der Waals surface area contributed by atoms with Gasteiger partial charge in [-0.2, -0.15) is 0 Å². The van der Waals surface area contributed by atoms with Gasteiger partial charge in [0, 0.05) is 18.0 Å². The Balaban J connectivity index is 1.39. The summed E-state index contributed by atoms with van der Waals surface area (Å²) in [5.41, 5.74) is 4.05. The Bertz CT molecular complexity index is 1100. The van der Waals surface area contributed by atoms with E-state index in [0.29, 0.717) is 6.61 Å². The Kier molecular flexibility index (Phi) is 4.87. The van der Waals surface area contributed by atoms with Crippen LogP contribution >= 0.6 is 0 Å². The van der Waals surface area contributed by atoms with Gasteiger partial charge in [-0.15, -0.1) is 5.10 Å². The average Bonchev–Trinajstić information content (AvgIpc) is 3.39. The largest absolute Gasteiger partial charge is 0.454 e. The quantitative estimate of drug-likeness (QED) is 0.554. The zero-order chi connectivity index (χ0) is 19.6. The van der Waals surface area contributed by atoms with Crippen molar-refractivity contribution in [3.63, 3.8) is 0 Å². The van der Waals surface area contributed by atoms with E-state index in [4.69, 9.17) is 9.15 Å². The van der Waals surface area contributed by atoms with Gasteiger partial charge < -0.3 is 14.5 Å². The molecule has 1 fully saturated rings. The summed E-state index contributed by atoms with van der Waals surface area (Å²) in [6, 6.07) is 19.0. The summed E-state index contributed by atoms with van der Waals surface area (Å²) in [5.74, 6) is 0.765. The molecule has 3 heterocycles. The summed E-state index contributed by atoms with van der Waals surface area (Å²) in [6.45, 7) is 1.54. The van der Waals surface area contributed by atoms with Gasteiger partial charge in [0.25, 0.3) is 0 Å². The summed E-state index contributed by atoms with van der Waals surface area (Å²) >= 11 is 0. The van der Waals surface area contributed by atoms with Crippen LogP contribution in [0.3, 0.4) is 0 Å². The van der Waals surface area contributed by atoms with E-state index in [1.165, 1.54) is 5.56 Å². The van der Waals surface area contributed by atoms with Crippen molar-refractivity contribution in [1.29, 1.82) is 0 Å². The van der Waals surface area contributed by atoms with Crippen molar-refractivity contribution in [2.24, 2.45) is 7.05 Å². The maximum Gasteiger partial charge on any atom is 0.155 e. The molecule has 1 N–H and O–H groups in total. The fourth-order valence-corrected chi connectivity index (χ4v) is 4.10. The molecular weight excluding hydrogens is 364 g/mol. The predicted molar refractivity (Wildman–Crippen MR) is 111 cm³/mol. The number of hydrogen-bond acceptors (Lipinski definition) is 5. The second kappa shape index (κ2) is 7.81. The zero-order valence-electron chi connectivity index (χ0n) is 16.4. The Morgan fingerprint density at radius 2 is 2.07 bits per heavy atom. The minimum Gasteiger partial charge on any atom is -0.454 e. The van der Waals surface area contributed by atoms with E-state index in [0.717, 1.165) is 47.4 Å². The van der Waals surface area contributed by atoms with Crippen molar-refractivity contribution < 1.29 is 9.15 Å². The van der Waals surface area contributed by atoms with Crippen molar-refractivity contribution in [3.05, 3.63) is 71.9 Å². The monoisotopic (exact) mass is 388 g/mol. The highest BCUT2D eigenvalue weighted by molar-refractivity contribution is 5.84. The molecule has 0 amide bonds. The number of rotatable bonds is 5. The molecule has 0 spiro atoms. The number of nitrogens with zero attached hydrogens (tertiary/aromatic N) is 3. The number of nitrogens with one attached hydrogen (secondary N) is 1. The lowest BCUT2D eigenvalue weighted by atomic mass is 9.94. The number of ether oxygens (including phenoxy) is 1. The van der Waals surface area contributed by atoms with E-state index in [1.54, 1.807) is 10.9 Å². The fraction of sp³-hybridized carbons (Fsp3) is 0.304. The summed E-state index contributed by atoms with van der Waals surface area (Å²) in [4.78, 5) is 0. The van der Waals surface area contributed by atoms with E-state index in [2.05, 4.69) is 64.2 Å². The Morgan fingerprint density at radius 1 is 1.17 bits per heavy atom. The molecule has 0 saturated carbocycles. The fourth-order valence-electron chi connectivity index (χ4n) is 4.10. The molecule has 2 atom stereocenters. The third-order valence-electron chi connectivity index (χ3n) is 5.61. The maximum absolute atomic E-state index is 6.42. The highest BCUT2D eigenvalue weighted by atomic mass is 16.5. The van der Waals surface area contributed by atoms with E-state index in [9.17, 15) is 0 Å². The highest BCUT2D eigenvalue weighted by Crippen LogP contribution is 2.31. The number of aryl methyl sites for hydroxylation is 1. The number of aromatic nitrogens is 3. The molecule has 1 aliphatic rings. The second-order valence-electron chi connectivity index (χ2n) is 7.52. The van der Waals surface area contributed by atoms with E-state index < -0.39 is 0 Å². The van der Waals surface area contributed by atoms with Crippen LogP contribution in [0.1, 0.15) is 30.0 Å². The first-order valence-corrected chi connectivity index (χ1v) is 10.1. The molecule has 5 rings (SSSR count). The topological polar surface area (TPSA) is 65.1 Å². The predicted octanol–water partition coefficient (Wildman–Crippen LogP) is 4.24. The molecule has 0 aliphatic carbocycles. The first-order chi connectivity index (χ1) is 14.3. The van der Waals surface area contributed by atoms with Crippen LogP contribution in [-0.2, 0) is 18.4 Å². The van der Waals surface area contributed by atoms with Crippen LogP contribution < -0.4 is 5.32 Å². The third-order valence-corrected chi connectivity index (χ3v) is 5.61. The zero-order valence-corrected chi connectivity index (χ0v) is 16.4. The Labute approximate surface area is 169 Å². The smallest absolute Gasteiger partial charge is 0.155 e. The number of benzene rings is 2. The molecule has 0 unspecified atom stereocenters. The van der Waals surface area contributed by atoms with Gasteiger partial charge in [-0.3, -0.25) is 0 Å². The average molecular weight is 388 g/mol. The summed E-state index contributed by atoms with van der Waals surface area (Å²) in [7, 11) is 1.86. The van der Waals surface area contributed by atoms with Gasteiger partial charge >= 0.3 is 0 Å². The molecule has 0 bridgehead atoms. The minimum absolute atomic E-state index is 0.136. The van der Waals surface area contributed by atoms with Crippen LogP contribution in [0.25, 0.3) is 22.4 Å². The molecule has 148 valence electrons. The molecule has 29 heavy (non-hydrogen) atoms. The van der Waals surface area contributed by atoms with Crippen molar-refractivity contribution in [3.8, 4) is 11.5 Å². The van der Waals surface area contributed by atoms with E-state index in [1.807, 2.05) is 13.1 Å². The van der Waals surface area contributed by atoms with E-state index in [-0.39, 0.29) is 12.1 Å². The first kappa shape index (κ1) is 18.1. The first-order valence-electron chi connectivity index (χ1n) is 10.1. The number of fused-ring (bicyclic) bond motifs is 1. The van der Waals surface area contributed by atoms with Gasteiger partial charge in [-0.1, -0.05) is 53.7 Å². The normalized spacial score (nSPS) is 19.6. The van der Waals surface area contributed by atoms with Crippen molar-refractivity contribution >= 4 is 11.0 Å². The summed E-state index contributed by atoms with van der Waals surface area (Å²) < 4.78 is 14.3. The van der Waals surface area contributed by atoms with Gasteiger partial charge in [0.05, 0.1) is 24.9 Å². The van der Waals surface area contributed by atoms with Crippen LogP contribution in [0.2, 0.25) is 0 Å². The molecule has 1 aliphatic heterocycles. The maximum atomic E-state index is 6.42. The number of hydrogen-bond donors (Lipinski definition) is 1. The number of para-hydroxylation sites is 1. The van der Waals surface area contributed by atoms with Crippen LogP contribution in [-0.4, -0.2) is 27.6 Å². The van der Waals surface area contributed by atoms with E-state index >= 15 is 0 Å². The summed E-state index contributed by atoms with van der Waals surface area (Å²) in [5, 5.41) is 12.6. The van der Waals surface area contributed by atoms with Gasteiger partial charge in [0.15, 0.2) is 5.76 Å². The van der Waals surface area contributed by atoms with Crippen LogP contribution in [0.4, 0.5) is 0 Å². The third kappa shape index (κ3) is 3.57. The standard InChI is InChI=1S/C23H24N4O2/c1-27-19(14-25-26-27)21-13-17-9-5-10-18(23(17)29-21)15-28-20-11-6-12-24-22(20)16-7-3-2-4-8-16/h2-5,7-10,13-14,20,22,24H,6,11-12,15H2,1H3/t20-,22-/m0/s1. The Morgan fingerprint density at radius 3 is 2.90 bits per heavy atom. The molecule has 0 radical (unpaired) electrons. The molecule has 2 aromatic heterocycles. The van der Waals surface area contributed by atoms with Crippen molar-refractivity contribution in [1.82, 2.24) is 20.3 Å². The second-order valence-corrected chi connectivity index (χ2v) is 7.52. The van der Waals surface area contributed by atoms with Gasteiger partial charge in [0.1, 0.15) is 11.3 Å². The molecule has 6 nitrogen and oxygen atoms in total. The van der Waals surface area contributed by atoms with Gasteiger partial charge in [0.2, 0.25) is 0 Å². The van der Waals surface area contributed by atoms with Crippen molar-refractivity contribution in [2.45, 2.75) is 31.6 Å². The SMILES string of the molecule is Cn1nncc1-c1cc2cccc(CO[C@H]3CCCN[C@H]3c3ccccc3)c2o1. The van der Waals surface area contributed by atoms with Gasteiger partial charge in [-0.05, 0) is 31.0 Å². The molecular formula is C23H24N4O2. The minimum atomic E-state index is 0.136. The van der Waals surface area contributed by atoms with Crippen LogP contribution in [0.5, 0.6) is 0 Å². The molecule has 2 aromatic carbocycles. The molecule has 1 saturated heterocycles. The lowest BCUT2D eigenvalue weighted by molar-refractivity contribution is -0.00334. The number of piperidine rings is 1.